The van der Waals surface area contributed by atoms with E-state index in [1.165, 1.54) is 17.0 Å². The summed E-state index contributed by atoms with van der Waals surface area (Å²) in [5.41, 5.74) is 1.81. The zero-order valence-electron chi connectivity index (χ0n) is 18.3. The highest BCUT2D eigenvalue weighted by Gasteiger charge is 2.28. The lowest BCUT2D eigenvalue weighted by Crippen LogP contribution is -2.46. The molecule has 0 radical (unpaired) electrons. The third-order valence-corrected chi connectivity index (χ3v) is 5.12. The van der Waals surface area contributed by atoms with Crippen molar-refractivity contribution in [3.63, 3.8) is 0 Å². The van der Waals surface area contributed by atoms with Crippen LogP contribution in [-0.2, 0) is 16.1 Å². The molecule has 0 fully saturated rings. The van der Waals surface area contributed by atoms with Crippen molar-refractivity contribution in [3.05, 3.63) is 107 Å². The van der Waals surface area contributed by atoms with E-state index in [1.54, 1.807) is 73.7 Å². The normalized spacial score (nSPS) is 11.3. The van der Waals surface area contributed by atoms with Crippen molar-refractivity contribution in [1.29, 1.82) is 0 Å². The number of likely N-dealkylation sites (N-methyl/N-ethyl adjacent to an activating group) is 1. The van der Waals surface area contributed by atoms with Crippen LogP contribution in [0, 0.1) is 5.82 Å². The third kappa shape index (κ3) is 6.74. The first-order chi connectivity index (χ1) is 16.0. The van der Waals surface area contributed by atoms with Crippen molar-refractivity contribution in [2.75, 3.05) is 13.1 Å². The van der Waals surface area contributed by atoms with Crippen LogP contribution in [-0.4, -0.2) is 35.7 Å². The third-order valence-electron chi connectivity index (χ3n) is 5.12. The van der Waals surface area contributed by atoms with Gasteiger partial charge in [-0.2, -0.15) is 0 Å². The minimum atomic E-state index is -0.941. The van der Waals surface area contributed by atoms with Gasteiger partial charge < -0.3 is 15.5 Å². The van der Waals surface area contributed by atoms with Crippen LogP contribution in [0.15, 0.2) is 84.9 Å². The zero-order chi connectivity index (χ0) is 23.6. The van der Waals surface area contributed by atoms with Gasteiger partial charge in [-0.15, -0.1) is 0 Å². The van der Waals surface area contributed by atoms with E-state index in [9.17, 15) is 18.8 Å². The molecule has 2 N–H and O–H groups in total. The molecule has 0 aliphatic heterocycles. The molecule has 7 heteroatoms. The van der Waals surface area contributed by atoms with Gasteiger partial charge in [0.05, 0.1) is 6.54 Å². The maximum atomic E-state index is 13.4. The summed E-state index contributed by atoms with van der Waals surface area (Å²) in [5, 5.41) is 5.54. The summed E-state index contributed by atoms with van der Waals surface area (Å²) in [6.07, 6.45) is 0. The molecule has 0 aromatic heterocycles. The number of hydrogen-bond acceptors (Lipinski definition) is 3. The van der Waals surface area contributed by atoms with Gasteiger partial charge in [0.2, 0.25) is 11.8 Å². The number of benzene rings is 3. The number of carbonyl (C=O) groups is 3. The van der Waals surface area contributed by atoms with Gasteiger partial charge in [0.25, 0.3) is 5.91 Å². The van der Waals surface area contributed by atoms with Gasteiger partial charge in [-0.1, -0.05) is 60.7 Å². The Balaban J connectivity index is 1.70. The molecule has 0 saturated carbocycles. The van der Waals surface area contributed by atoms with Gasteiger partial charge in [-0.25, -0.2) is 4.39 Å². The summed E-state index contributed by atoms with van der Waals surface area (Å²) < 4.78 is 13.0. The molecule has 3 aromatic carbocycles. The van der Waals surface area contributed by atoms with Gasteiger partial charge in [0.15, 0.2) is 0 Å². The average Bonchev–Trinajstić information content (AvgIpc) is 2.86. The summed E-state index contributed by atoms with van der Waals surface area (Å²) in [7, 11) is 0. The van der Waals surface area contributed by atoms with Crippen LogP contribution in [0.4, 0.5) is 4.39 Å². The second-order valence-corrected chi connectivity index (χ2v) is 7.44. The molecule has 0 bridgehead atoms. The number of carbonyl (C=O) groups excluding carboxylic acids is 3. The summed E-state index contributed by atoms with van der Waals surface area (Å²) in [6.45, 7) is 2.11. The number of hydrogen-bond donors (Lipinski definition) is 2. The fourth-order valence-electron chi connectivity index (χ4n) is 3.30. The lowest BCUT2D eigenvalue weighted by atomic mass is 10.0. The molecule has 0 saturated heterocycles. The SMILES string of the molecule is CCN(CC(=O)NCc1ccc(F)cc1)C(=O)C(NC(=O)c1ccccc1)c1ccccc1. The first-order valence-corrected chi connectivity index (χ1v) is 10.7. The molecule has 0 aliphatic carbocycles. The Morgan fingerprint density at radius 3 is 2.09 bits per heavy atom. The Kier molecular flexibility index (Phi) is 8.30. The standard InChI is InChI=1S/C26H26FN3O3/c1-2-30(18-23(31)28-17-19-13-15-22(27)16-14-19)26(33)24(20-9-5-3-6-10-20)29-25(32)21-11-7-4-8-12-21/h3-16,24H,2,17-18H2,1H3,(H,28,31)(H,29,32). The lowest BCUT2D eigenvalue weighted by molar-refractivity contribution is -0.137. The van der Waals surface area contributed by atoms with Crippen molar-refractivity contribution in [2.24, 2.45) is 0 Å². The number of nitrogens with zero attached hydrogens (tertiary/aromatic N) is 1. The minimum absolute atomic E-state index is 0.166. The van der Waals surface area contributed by atoms with Crippen molar-refractivity contribution in [2.45, 2.75) is 19.5 Å². The number of amides is 3. The van der Waals surface area contributed by atoms with E-state index in [2.05, 4.69) is 10.6 Å². The predicted octanol–water partition coefficient (Wildman–Crippen LogP) is 3.46. The summed E-state index contributed by atoms with van der Waals surface area (Å²) >= 11 is 0. The molecule has 170 valence electrons. The quantitative estimate of drug-likeness (QED) is 0.527. The number of rotatable bonds is 9. The van der Waals surface area contributed by atoms with E-state index in [4.69, 9.17) is 0 Å². The maximum Gasteiger partial charge on any atom is 0.252 e. The van der Waals surface area contributed by atoms with Crippen LogP contribution in [0.25, 0.3) is 0 Å². The van der Waals surface area contributed by atoms with Gasteiger partial charge in [0, 0.05) is 18.7 Å². The van der Waals surface area contributed by atoms with Gasteiger partial charge in [-0.3, -0.25) is 14.4 Å². The second kappa shape index (κ2) is 11.6. The van der Waals surface area contributed by atoms with Crippen LogP contribution in [0.5, 0.6) is 0 Å². The van der Waals surface area contributed by atoms with Gasteiger partial charge in [-0.05, 0) is 42.3 Å². The van der Waals surface area contributed by atoms with E-state index >= 15 is 0 Å². The Bertz CT molecular complexity index is 1070. The molecule has 1 unspecified atom stereocenters. The first-order valence-electron chi connectivity index (χ1n) is 10.7. The molecule has 3 rings (SSSR count). The second-order valence-electron chi connectivity index (χ2n) is 7.44. The van der Waals surface area contributed by atoms with Gasteiger partial charge in [0.1, 0.15) is 11.9 Å². The van der Waals surface area contributed by atoms with Crippen LogP contribution < -0.4 is 10.6 Å². The Hall–Kier alpha value is -4.00. The van der Waals surface area contributed by atoms with Crippen LogP contribution in [0.3, 0.4) is 0 Å². The molecule has 6 nitrogen and oxygen atoms in total. The molecular weight excluding hydrogens is 421 g/mol. The molecule has 1 atom stereocenters. The van der Waals surface area contributed by atoms with Crippen LogP contribution in [0.2, 0.25) is 0 Å². The summed E-state index contributed by atoms with van der Waals surface area (Å²) in [6, 6.07) is 22.4. The minimum Gasteiger partial charge on any atom is -0.350 e. The highest BCUT2D eigenvalue weighted by Crippen LogP contribution is 2.17. The van der Waals surface area contributed by atoms with E-state index in [-0.39, 0.29) is 43.2 Å². The van der Waals surface area contributed by atoms with Crippen molar-refractivity contribution in [1.82, 2.24) is 15.5 Å². The Morgan fingerprint density at radius 1 is 0.879 bits per heavy atom. The van der Waals surface area contributed by atoms with E-state index < -0.39 is 6.04 Å². The molecule has 0 heterocycles. The Morgan fingerprint density at radius 2 is 1.48 bits per heavy atom. The molecule has 3 aromatic rings. The topological polar surface area (TPSA) is 78.5 Å². The van der Waals surface area contributed by atoms with Gasteiger partial charge >= 0.3 is 0 Å². The fraction of sp³-hybridized carbons (Fsp3) is 0.192. The molecular formula is C26H26FN3O3. The molecule has 33 heavy (non-hydrogen) atoms. The maximum absolute atomic E-state index is 13.4. The van der Waals surface area contributed by atoms with E-state index in [0.717, 1.165) is 5.56 Å². The van der Waals surface area contributed by atoms with Crippen LogP contribution in [0.1, 0.15) is 34.5 Å². The van der Waals surface area contributed by atoms with E-state index in [0.29, 0.717) is 11.1 Å². The molecule has 3 amide bonds. The largest absolute Gasteiger partial charge is 0.350 e. The molecule has 0 aliphatic rings. The Labute approximate surface area is 192 Å². The highest BCUT2D eigenvalue weighted by molar-refractivity contribution is 5.98. The number of halogens is 1. The molecule has 0 spiro atoms. The van der Waals surface area contributed by atoms with E-state index in [1.807, 2.05) is 6.07 Å². The average molecular weight is 448 g/mol. The van der Waals surface area contributed by atoms with Crippen LogP contribution >= 0.6 is 0 Å². The summed E-state index contributed by atoms with van der Waals surface area (Å²) in [4.78, 5) is 40.0. The zero-order valence-corrected chi connectivity index (χ0v) is 18.3. The number of nitrogens with one attached hydrogen (secondary N) is 2. The fourth-order valence-corrected chi connectivity index (χ4v) is 3.30. The first kappa shape index (κ1) is 23.7. The predicted molar refractivity (Wildman–Crippen MR) is 124 cm³/mol. The summed E-state index contributed by atoms with van der Waals surface area (Å²) in [5.74, 6) is -1.47. The van der Waals surface area contributed by atoms with Crippen molar-refractivity contribution in [3.8, 4) is 0 Å². The smallest absolute Gasteiger partial charge is 0.252 e. The van der Waals surface area contributed by atoms with Crippen molar-refractivity contribution >= 4 is 17.7 Å². The highest BCUT2D eigenvalue weighted by atomic mass is 19.1. The van der Waals surface area contributed by atoms with Crippen molar-refractivity contribution < 1.29 is 18.8 Å². The monoisotopic (exact) mass is 447 g/mol. The lowest BCUT2D eigenvalue weighted by Gasteiger charge is -2.27.